The largest absolute Gasteiger partial charge is 0.495 e. The van der Waals surface area contributed by atoms with Crippen LogP contribution in [0, 0.1) is 6.92 Å². The van der Waals surface area contributed by atoms with E-state index in [1.807, 2.05) is 30.0 Å². The summed E-state index contributed by atoms with van der Waals surface area (Å²) in [5.41, 5.74) is 1.69. The van der Waals surface area contributed by atoms with Crippen molar-refractivity contribution in [3.05, 3.63) is 23.8 Å². The summed E-state index contributed by atoms with van der Waals surface area (Å²) < 4.78 is 5.22. The van der Waals surface area contributed by atoms with Crippen LogP contribution in [0.2, 0.25) is 0 Å². The summed E-state index contributed by atoms with van der Waals surface area (Å²) in [6.45, 7) is 3.68. The number of ether oxygens (including phenoxy) is 1. The van der Waals surface area contributed by atoms with E-state index in [1.54, 1.807) is 7.11 Å². The number of benzene rings is 1. The van der Waals surface area contributed by atoms with Gasteiger partial charge in [0.1, 0.15) is 5.75 Å². The zero-order valence-corrected chi connectivity index (χ0v) is 11.7. The van der Waals surface area contributed by atoms with E-state index < -0.39 is 0 Å². The lowest BCUT2D eigenvalue weighted by Crippen LogP contribution is -2.49. The highest BCUT2D eigenvalue weighted by Crippen LogP contribution is 2.25. The third kappa shape index (κ3) is 3.71. The normalized spacial score (nSPS) is 15.6. The Morgan fingerprint density at radius 2 is 2.30 bits per heavy atom. The Kier molecular flexibility index (Phi) is 4.57. The van der Waals surface area contributed by atoms with Crippen molar-refractivity contribution in [3.8, 4) is 5.75 Å². The SMILES string of the molecule is COc1ccc(C)cc1NC(=O)CN1CCNC(=O)C1. The third-order valence-corrected chi connectivity index (χ3v) is 3.11. The van der Waals surface area contributed by atoms with E-state index in [9.17, 15) is 9.59 Å². The molecule has 1 aliphatic heterocycles. The fourth-order valence-electron chi connectivity index (χ4n) is 2.14. The maximum atomic E-state index is 12.0. The van der Waals surface area contributed by atoms with Crippen molar-refractivity contribution in [2.75, 3.05) is 38.6 Å². The lowest BCUT2D eigenvalue weighted by molar-refractivity contribution is -0.125. The first-order valence-electron chi connectivity index (χ1n) is 6.52. The predicted molar refractivity (Wildman–Crippen MR) is 75.8 cm³/mol. The fourth-order valence-corrected chi connectivity index (χ4v) is 2.14. The molecule has 0 aromatic heterocycles. The standard InChI is InChI=1S/C14H19N3O3/c1-10-3-4-12(20-2)11(7-10)16-14(19)9-17-6-5-15-13(18)8-17/h3-4,7H,5-6,8-9H2,1-2H3,(H,15,18)(H,16,19). The molecule has 1 saturated heterocycles. The highest BCUT2D eigenvalue weighted by molar-refractivity contribution is 5.94. The van der Waals surface area contributed by atoms with Crippen LogP contribution in [0.3, 0.4) is 0 Å². The molecule has 1 aliphatic rings. The van der Waals surface area contributed by atoms with Crippen LogP contribution in [0.15, 0.2) is 18.2 Å². The Hall–Kier alpha value is -2.08. The first-order chi connectivity index (χ1) is 9.58. The number of nitrogens with one attached hydrogen (secondary N) is 2. The maximum Gasteiger partial charge on any atom is 0.238 e. The van der Waals surface area contributed by atoms with Gasteiger partial charge in [-0.3, -0.25) is 14.5 Å². The van der Waals surface area contributed by atoms with Gasteiger partial charge in [-0.2, -0.15) is 0 Å². The zero-order chi connectivity index (χ0) is 14.5. The van der Waals surface area contributed by atoms with Crippen LogP contribution in [-0.4, -0.2) is 50.0 Å². The smallest absolute Gasteiger partial charge is 0.238 e. The molecule has 1 aromatic carbocycles. The molecule has 20 heavy (non-hydrogen) atoms. The van der Waals surface area contributed by atoms with E-state index >= 15 is 0 Å². The molecule has 1 fully saturated rings. The summed E-state index contributed by atoms with van der Waals surface area (Å²) >= 11 is 0. The van der Waals surface area contributed by atoms with Gasteiger partial charge in [0.15, 0.2) is 0 Å². The number of aryl methyl sites for hydroxylation is 1. The van der Waals surface area contributed by atoms with Crippen molar-refractivity contribution in [2.45, 2.75) is 6.92 Å². The molecule has 0 spiro atoms. The first-order valence-corrected chi connectivity index (χ1v) is 6.52. The summed E-state index contributed by atoms with van der Waals surface area (Å²) in [5.74, 6) is 0.432. The van der Waals surface area contributed by atoms with Gasteiger partial charge in [-0.1, -0.05) is 6.07 Å². The summed E-state index contributed by atoms with van der Waals surface area (Å²) in [5, 5.41) is 5.56. The van der Waals surface area contributed by atoms with Gasteiger partial charge in [0.05, 0.1) is 25.9 Å². The number of piperazine rings is 1. The monoisotopic (exact) mass is 277 g/mol. The molecule has 6 heteroatoms. The van der Waals surface area contributed by atoms with Gasteiger partial charge < -0.3 is 15.4 Å². The van der Waals surface area contributed by atoms with Crippen LogP contribution < -0.4 is 15.4 Å². The lowest BCUT2D eigenvalue weighted by Gasteiger charge is -2.25. The van der Waals surface area contributed by atoms with Crippen molar-refractivity contribution in [1.29, 1.82) is 0 Å². The Morgan fingerprint density at radius 1 is 1.50 bits per heavy atom. The average Bonchev–Trinajstić information content (AvgIpc) is 2.38. The van der Waals surface area contributed by atoms with Crippen LogP contribution in [0.1, 0.15) is 5.56 Å². The number of carbonyl (C=O) groups excluding carboxylic acids is 2. The Morgan fingerprint density at radius 3 is 3.00 bits per heavy atom. The molecule has 6 nitrogen and oxygen atoms in total. The molecule has 1 heterocycles. The van der Waals surface area contributed by atoms with Gasteiger partial charge in [-0.25, -0.2) is 0 Å². The number of hydrogen-bond donors (Lipinski definition) is 2. The van der Waals surface area contributed by atoms with Gasteiger partial charge in [0.25, 0.3) is 0 Å². The molecule has 0 saturated carbocycles. The number of methoxy groups -OCH3 is 1. The Bertz CT molecular complexity index is 516. The van der Waals surface area contributed by atoms with E-state index in [4.69, 9.17) is 4.74 Å². The highest BCUT2D eigenvalue weighted by atomic mass is 16.5. The molecule has 0 unspecified atom stereocenters. The van der Waals surface area contributed by atoms with Gasteiger partial charge >= 0.3 is 0 Å². The molecule has 0 atom stereocenters. The second kappa shape index (κ2) is 6.38. The molecule has 2 rings (SSSR count). The van der Waals surface area contributed by atoms with Gasteiger partial charge in [0.2, 0.25) is 11.8 Å². The zero-order valence-electron chi connectivity index (χ0n) is 11.7. The average molecular weight is 277 g/mol. The topological polar surface area (TPSA) is 70.7 Å². The summed E-state index contributed by atoms with van der Waals surface area (Å²) in [4.78, 5) is 25.1. The lowest BCUT2D eigenvalue weighted by atomic mass is 10.2. The van der Waals surface area contributed by atoms with Crippen molar-refractivity contribution in [1.82, 2.24) is 10.2 Å². The first kappa shape index (κ1) is 14.3. The van der Waals surface area contributed by atoms with Crippen molar-refractivity contribution >= 4 is 17.5 Å². The van der Waals surface area contributed by atoms with Gasteiger partial charge in [0, 0.05) is 13.1 Å². The summed E-state index contributed by atoms with van der Waals surface area (Å²) in [7, 11) is 1.56. The number of carbonyl (C=O) groups is 2. The van der Waals surface area contributed by atoms with E-state index in [0.29, 0.717) is 24.5 Å². The highest BCUT2D eigenvalue weighted by Gasteiger charge is 2.19. The summed E-state index contributed by atoms with van der Waals surface area (Å²) in [6.07, 6.45) is 0. The van der Waals surface area contributed by atoms with E-state index in [0.717, 1.165) is 5.56 Å². The molecule has 0 aliphatic carbocycles. The number of nitrogens with zero attached hydrogens (tertiary/aromatic N) is 1. The van der Waals surface area contributed by atoms with Crippen molar-refractivity contribution in [2.24, 2.45) is 0 Å². The number of hydrogen-bond acceptors (Lipinski definition) is 4. The number of anilines is 1. The molecule has 2 N–H and O–H groups in total. The molecule has 2 amide bonds. The van der Waals surface area contributed by atoms with E-state index in [-0.39, 0.29) is 24.9 Å². The molecule has 0 radical (unpaired) electrons. The Balaban J connectivity index is 1.97. The fraction of sp³-hybridized carbons (Fsp3) is 0.429. The summed E-state index contributed by atoms with van der Waals surface area (Å²) in [6, 6.07) is 5.60. The molecule has 0 bridgehead atoms. The van der Waals surface area contributed by atoms with Crippen LogP contribution in [0.4, 0.5) is 5.69 Å². The molecule has 108 valence electrons. The maximum absolute atomic E-state index is 12.0. The quantitative estimate of drug-likeness (QED) is 0.834. The van der Waals surface area contributed by atoms with Crippen LogP contribution in [-0.2, 0) is 9.59 Å². The van der Waals surface area contributed by atoms with Gasteiger partial charge in [-0.15, -0.1) is 0 Å². The number of rotatable bonds is 4. The molecule has 1 aromatic rings. The van der Waals surface area contributed by atoms with Crippen LogP contribution in [0.5, 0.6) is 5.75 Å². The second-order valence-electron chi connectivity index (χ2n) is 4.81. The molecular formula is C14H19N3O3. The van der Waals surface area contributed by atoms with Crippen LogP contribution in [0.25, 0.3) is 0 Å². The van der Waals surface area contributed by atoms with E-state index in [1.165, 1.54) is 0 Å². The third-order valence-electron chi connectivity index (χ3n) is 3.11. The van der Waals surface area contributed by atoms with Crippen molar-refractivity contribution < 1.29 is 14.3 Å². The minimum atomic E-state index is -0.149. The molecular weight excluding hydrogens is 258 g/mol. The second-order valence-corrected chi connectivity index (χ2v) is 4.81. The van der Waals surface area contributed by atoms with Crippen LogP contribution >= 0.6 is 0 Å². The van der Waals surface area contributed by atoms with Gasteiger partial charge in [-0.05, 0) is 24.6 Å². The Labute approximate surface area is 118 Å². The minimum absolute atomic E-state index is 0.0443. The predicted octanol–water partition coefficient (Wildman–Crippen LogP) is 0.374. The number of amides is 2. The minimum Gasteiger partial charge on any atom is -0.495 e. The van der Waals surface area contributed by atoms with Crippen molar-refractivity contribution in [3.63, 3.8) is 0 Å². The van der Waals surface area contributed by atoms with E-state index in [2.05, 4.69) is 10.6 Å².